The third-order valence-corrected chi connectivity index (χ3v) is 4.22. The molecule has 2 unspecified atom stereocenters. The van der Waals surface area contributed by atoms with Crippen molar-refractivity contribution in [1.82, 2.24) is 4.90 Å². The molecule has 1 fully saturated rings. The molecule has 0 radical (unpaired) electrons. The van der Waals surface area contributed by atoms with E-state index in [-0.39, 0.29) is 17.7 Å². The number of hydrogen-bond acceptors (Lipinski definition) is 2. The summed E-state index contributed by atoms with van der Waals surface area (Å²) in [6.07, 6.45) is 0.908. The number of rotatable bonds is 3. The molecule has 2 aromatic rings. The maximum absolute atomic E-state index is 13.1. The van der Waals surface area contributed by atoms with Crippen LogP contribution in [0.25, 0.3) is 0 Å². The molecule has 4 heteroatoms. The van der Waals surface area contributed by atoms with Crippen molar-refractivity contribution in [2.45, 2.75) is 24.9 Å². The van der Waals surface area contributed by atoms with Gasteiger partial charge in [0, 0.05) is 25.7 Å². The zero-order valence-electron chi connectivity index (χ0n) is 12.4. The lowest BCUT2D eigenvalue weighted by molar-refractivity contribution is 0.181. The molecule has 0 aromatic heterocycles. The van der Waals surface area contributed by atoms with Crippen molar-refractivity contribution in [3.05, 3.63) is 71.3 Å². The number of nitrogens with zero attached hydrogens (tertiary/aromatic N) is 1. The second-order valence-corrected chi connectivity index (χ2v) is 6.06. The highest BCUT2D eigenvalue weighted by Gasteiger charge is 2.26. The van der Waals surface area contributed by atoms with Gasteiger partial charge in [-0.2, -0.15) is 0 Å². The molecule has 0 spiro atoms. The number of piperidine rings is 1. The van der Waals surface area contributed by atoms with E-state index >= 15 is 0 Å². The third-order valence-electron chi connectivity index (χ3n) is 4.22. The lowest BCUT2D eigenvalue weighted by atomic mass is 9.88. The van der Waals surface area contributed by atoms with E-state index in [4.69, 9.17) is 5.73 Å². The fraction of sp³-hybridized carbons (Fsp3) is 0.333. The Morgan fingerprint density at radius 2 is 1.50 bits per heavy atom. The summed E-state index contributed by atoms with van der Waals surface area (Å²) in [6.45, 7) is 2.47. The van der Waals surface area contributed by atoms with Crippen molar-refractivity contribution in [3.8, 4) is 0 Å². The second kappa shape index (κ2) is 6.55. The average Bonchev–Trinajstić information content (AvgIpc) is 2.50. The highest BCUT2D eigenvalue weighted by Crippen LogP contribution is 2.27. The monoisotopic (exact) mass is 302 g/mol. The van der Waals surface area contributed by atoms with Gasteiger partial charge in [-0.25, -0.2) is 8.78 Å². The fourth-order valence-electron chi connectivity index (χ4n) is 3.19. The molecule has 1 aliphatic heterocycles. The van der Waals surface area contributed by atoms with Gasteiger partial charge in [-0.05, 0) is 47.7 Å². The van der Waals surface area contributed by atoms with E-state index in [1.54, 1.807) is 0 Å². The van der Waals surface area contributed by atoms with Gasteiger partial charge in [-0.3, -0.25) is 4.90 Å². The summed E-state index contributed by atoms with van der Waals surface area (Å²) in [5.74, 6) is -0.125. The molecule has 0 saturated carbocycles. The molecule has 0 aliphatic carbocycles. The molecule has 1 saturated heterocycles. The fourth-order valence-corrected chi connectivity index (χ4v) is 3.19. The van der Waals surface area contributed by atoms with Crippen LogP contribution in [0.2, 0.25) is 0 Å². The van der Waals surface area contributed by atoms with Gasteiger partial charge in [0.15, 0.2) is 0 Å². The molecule has 3 rings (SSSR count). The van der Waals surface area contributed by atoms with E-state index in [1.165, 1.54) is 24.3 Å². The zero-order chi connectivity index (χ0) is 15.5. The topological polar surface area (TPSA) is 29.3 Å². The Morgan fingerprint density at radius 3 is 2.14 bits per heavy atom. The van der Waals surface area contributed by atoms with Crippen LogP contribution in [0.1, 0.15) is 23.5 Å². The van der Waals surface area contributed by atoms with Crippen molar-refractivity contribution < 1.29 is 8.78 Å². The van der Waals surface area contributed by atoms with Crippen molar-refractivity contribution in [3.63, 3.8) is 0 Å². The predicted molar refractivity (Wildman–Crippen MR) is 83.4 cm³/mol. The van der Waals surface area contributed by atoms with Crippen LogP contribution in [0, 0.1) is 11.6 Å². The summed E-state index contributed by atoms with van der Waals surface area (Å²) in [7, 11) is 0. The normalized spacial score (nSPS) is 22.7. The van der Waals surface area contributed by atoms with Gasteiger partial charge in [-0.15, -0.1) is 0 Å². The molecule has 2 atom stereocenters. The zero-order valence-corrected chi connectivity index (χ0v) is 12.4. The standard InChI is InChI=1S/C18H20F2N2/c19-16-5-1-13(2-6-16)10-22-11-15(9-18(21)12-22)14-3-7-17(20)8-4-14/h1-8,15,18H,9-12,21H2. The van der Waals surface area contributed by atoms with E-state index in [2.05, 4.69) is 4.90 Å². The van der Waals surface area contributed by atoms with Gasteiger partial charge in [0.2, 0.25) is 0 Å². The Labute approximate surface area is 129 Å². The van der Waals surface area contributed by atoms with E-state index in [9.17, 15) is 8.78 Å². The molecular formula is C18H20F2N2. The molecule has 0 amide bonds. The van der Waals surface area contributed by atoms with Crippen molar-refractivity contribution in [1.29, 1.82) is 0 Å². The van der Waals surface area contributed by atoms with Crippen molar-refractivity contribution in [2.75, 3.05) is 13.1 Å². The van der Waals surface area contributed by atoms with Crippen LogP contribution in [0.15, 0.2) is 48.5 Å². The van der Waals surface area contributed by atoms with Crippen LogP contribution in [-0.4, -0.2) is 24.0 Å². The van der Waals surface area contributed by atoms with Gasteiger partial charge in [0.1, 0.15) is 11.6 Å². The minimum absolute atomic E-state index is 0.101. The first kappa shape index (κ1) is 15.1. The highest BCUT2D eigenvalue weighted by molar-refractivity contribution is 5.22. The summed E-state index contributed by atoms with van der Waals surface area (Å²) in [4.78, 5) is 2.29. The quantitative estimate of drug-likeness (QED) is 0.943. The number of halogens is 2. The first-order valence-electron chi connectivity index (χ1n) is 7.58. The summed E-state index contributed by atoms with van der Waals surface area (Å²) >= 11 is 0. The van der Waals surface area contributed by atoms with Gasteiger partial charge in [0.05, 0.1) is 0 Å². The van der Waals surface area contributed by atoms with E-state index in [0.717, 1.165) is 37.2 Å². The Morgan fingerprint density at radius 1 is 0.909 bits per heavy atom. The molecular weight excluding hydrogens is 282 g/mol. The van der Waals surface area contributed by atoms with Crippen LogP contribution in [0.4, 0.5) is 8.78 Å². The Hall–Kier alpha value is -1.78. The van der Waals surface area contributed by atoms with Crippen LogP contribution >= 0.6 is 0 Å². The van der Waals surface area contributed by atoms with E-state index in [0.29, 0.717) is 5.92 Å². The molecule has 1 aliphatic rings. The largest absolute Gasteiger partial charge is 0.327 e. The number of hydrogen-bond donors (Lipinski definition) is 1. The van der Waals surface area contributed by atoms with Crippen LogP contribution in [0.5, 0.6) is 0 Å². The summed E-state index contributed by atoms with van der Waals surface area (Å²) < 4.78 is 26.0. The summed E-state index contributed by atoms with van der Waals surface area (Å²) in [6, 6.07) is 13.4. The Kier molecular flexibility index (Phi) is 4.50. The SMILES string of the molecule is NC1CC(c2ccc(F)cc2)CN(Cc2ccc(F)cc2)C1. The lowest BCUT2D eigenvalue weighted by Crippen LogP contribution is -2.45. The molecule has 0 bridgehead atoms. The lowest BCUT2D eigenvalue weighted by Gasteiger charge is -2.36. The van der Waals surface area contributed by atoms with E-state index in [1.807, 2.05) is 24.3 Å². The molecule has 2 nitrogen and oxygen atoms in total. The Bertz CT molecular complexity index is 610. The van der Waals surface area contributed by atoms with Gasteiger partial charge in [0.25, 0.3) is 0 Å². The first-order chi connectivity index (χ1) is 10.6. The molecule has 1 heterocycles. The number of benzene rings is 2. The minimum Gasteiger partial charge on any atom is -0.327 e. The van der Waals surface area contributed by atoms with Crippen molar-refractivity contribution in [2.24, 2.45) is 5.73 Å². The molecule has 22 heavy (non-hydrogen) atoms. The smallest absolute Gasteiger partial charge is 0.123 e. The Balaban J connectivity index is 1.70. The van der Waals surface area contributed by atoms with Crippen LogP contribution in [-0.2, 0) is 6.54 Å². The number of nitrogens with two attached hydrogens (primary N) is 1. The van der Waals surface area contributed by atoms with Gasteiger partial charge in [-0.1, -0.05) is 24.3 Å². The maximum Gasteiger partial charge on any atom is 0.123 e. The first-order valence-corrected chi connectivity index (χ1v) is 7.58. The third kappa shape index (κ3) is 3.70. The molecule has 2 N–H and O–H groups in total. The van der Waals surface area contributed by atoms with Crippen molar-refractivity contribution >= 4 is 0 Å². The molecule has 2 aromatic carbocycles. The number of likely N-dealkylation sites (tertiary alicyclic amines) is 1. The van der Waals surface area contributed by atoms with Crippen LogP contribution < -0.4 is 5.73 Å². The second-order valence-electron chi connectivity index (χ2n) is 6.06. The average molecular weight is 302 g/mol. The summed E-state index contributed by atoms with van der Waals surface area (Å²) in [5, 5.41) is 0. The van der Waals surface area contributed by atoms with E-state index < -0.39 is 0 Å². The van der Waals surface area contributed by atoms with Gasteiger partial charge >= 0.3 is 0 Å². The summed E-state index contributed by atoms with van der Waals surface area (Å²) in [5.41, 5.74) is 8.39. The maximum atomic E-state index is 13.1. The van der Waals surface area contributed by atoms with Gasteiger partial charge < -0.3 is 5.73 Å². The molecule has 116 valence electrons. The minimum atomic E-state index is -0.219. The van der Waals surface area contributed by atoms with Crippen LogP contribution in [0.3, 0.4) is 0 Å². The highest BCUT2D eigenvalue weighted by atomic mass is 19.1. The predicted octanol–water partition coefficient (Wildman–Crippen LogP) is 3.28.